The van der Waals surface area contributed by atoms with E-state index in [2.05, 4.69) is 41.5 Å². The number of aromatic nitrogens is 3. The van der Waals surface area contributed by atoms with Crippen LogP contribution in [0.5, 0.6) is 0 Å². The molecule has 0 saturated heterocycles. The van der Waals surface area contributed by atoms with Gasteiger partial charge in [-0.25, -0.2) is 9.97 Å². The Balaban J connectivity index is 1.35. The van der Waals surface area contributed by atoms with Gasteiger partial charge in [-0.2, -0.15) is 0 Å². The lowest BCUT2D eigenvalue weighted by molar-refractivity contribution is 0.645. The second kappa shape index (κ2) is 9.25. The lowest BCUT2D eigenvalue weighted by atomic mass is 9.95. The third kappa shape index (κ3) is 4.53. The molecule has 1 aliphatic rings. The van der Waals surface area contributed by atoms with Gasteiger partial charge in [0.05, 0.1) is 5.69 Å². The molecular formula is C26H28N4S. The average molecular weight is 429 g/mol. The Morgan fingerprint density at radius 3 is 2.61 bits per heavy atom. The minimum atomic E-state index is 0.830. The number of fused-ring (bicyclic) bond motifs is 3. The smallest absolute Gasteiger partial charge is 0.161 e. The zero-order chi connectivity index (χ0) is 21.0. The molecule has 5 rings (SSSR count). The summed E-state index contributed by atoms with van der Waals surface area (Å²) in [7, 11) is 0. The number of hydrogen-bond donors (Lipinski definition) is 1. The Bertz CT molecular complexity index is 1170. The van der Waals surface area contributed by atoms with Crippen LogP contribution in [0.4, 0.5) is 0 Å². The fraction of sp³-hybridized carbons (Fsp3) is 0.346. The number of nitrogens with zero attached hydrogens (tertiary/aromatic N) is 3. The van der Waals surface area contributed by atoms with E-state index in [-0.39, 0.29) is 0 Å². The largest absolute Gasteiger partial charge is 0.313 e. The van der Waals surface area contributed by atoms with E-state index in [0.717, 1.165) is 42.1 Å². The molecule has 4 nitrogen and oxygen atoms in total. The molecule has 0 bridgehead atoms. The normalized spacial score (nSPS) is 13.5. The van der Waals surface area contributed by atoms with Crippen molar-refractivity contribution in [1.82, 2.24) is 20.3 Å². The number of aryl methyl sites for hydroxylation is 4. The molecule has 158 valence electrons. The Morgan fingerprint density at radius 1 is 0.968 bits per heavy atom. The van der Waals surface area contributed by atoms with Crippen LogP contribution in [0, 0.1) is 6.92 Å². The summed E-state index contributed by atoms with van der Waals surface area (Å²) in [4.78, 5) is 16.9. The molecule has 31 heavy (non-hydrogen) atoms. The van der Waals surface area contributed by atoms with E-state index in [4.69, 9.17) is 9.97 Å². The molecule has 3 heterocycles. The van der Waals surface area contributed by atoms with E-state index in [1.54, 1.807) is 0 Å². The van der Waals surface area contributed by atoms with Crippen molar-refractivity contribution in [2.24, 2.45) is 0 Å². The fourth-order valence-electron chi connectivity index (χ4n) is 4.36. The number of thiophene rings is 1. The summed E-state index contributed by atoms with van der Waals surface area (Å²) in [6.07, 6.45) is 10.6. The summed E-state index contributed by atoms with van der Waals surface area (Å²) in [5.41, 5.74) is 6.42. The van der Waals surface area contributed by atoms with Crippen molar-refractivity contribution in [3.05, 3.63) is 76.1 Å². The molecule has 1 aromatic carbocycles. The van der Waals surface area contributed by atoms with Crippen molar-refractivity contribution in [1.29, 1.82) is 0 Å². The number of nitrogens with one attached hydrogen (secondary N) is 1. The summed E-state index contributed by atoms with van der Waals surface area (Å²) in [5, 5.41) is 4.94. The molecule has 1 N–H and O–H groups in total. The van der Waals surface area contributed by atoms with Gasteiger partial charge in [0, 0.05) is 34.8 Å². The molecule has 0 spiro atoms. The number of pyridine rings is 1. The summed E-state index contributed by atoms with van der Waals surface area (Å²) in [6.45, 7) is 4.02. The van der Waals surface area contributed by atoms with Crippen LogP contribution in [0.15, 0.2) is 48.8 Å². The number of hydrogen-bond acceptors (Lipinski definition) is 5. The number of benzene rings is 1. The molecule has 0 saturated carbocycles. The standard InChI is InChI=1S/C26H28N4S/c1-18-8-10-19(11-9-18)17-28-14-4-6-22-24-21-5-2-3-7-23(21)31-26(24)30-25(29-22)20-12-15-27-16-13-20/h8-13,15-16,28H,2-7,14,17H2,1H3. The van der Waals surface area contributed by atoms with Crippen LogP contribution < -0.4 is 5.32 Å². The zero-order valence-corrected chi connectivity index (χ0v) is 18.8. The summed E-state index contributed by atoms with van der Waals surface area (Å²) >= 11 is 1.88. The van der Waals surface area contributed by atoms with Gasteiger partial charge in [0.15, 0.2) is 5.82 Å². The van der Waals surface area contributed by atoms with Gasteiger partial charge < -0.3 is 5.32 Å². The van der Waals surface area contributed by atoms with Crippen LogP contribution in [0.1, 0.15) is 46.5 Å². The highest BCUT2D eigenvalue weighted by Gasteiger charge is 2.21. The van der Waals surface area contributed by atoms with Gasteiger partial charge in [0.1, 0.15) is 4.83 Å². The SMILES string of the molecule is Cc1ccc(CNCCCc2nc(-c3ccncc3)nc3sc4c(c23)CCCC4)cc1. The molecule has 4 aromatic rings. The molecule has 5 heteroatoms. The predicted molar refractivity (Wildman–Crippen MR) is 128 cm³/mol. The van der Waals surface area contributed by atoms with Crippen LogP contribution in [0.2, 0.25) is 0 Å². The summed E-state index contributed by atoms with van der Waals surface area (Å²) < 4.78 is 0. The van der Waals surface area contributed by atoms with Crippen molar-refractivity contribution in [2.75, 3.05) is 6.54 Å². The molecule has 0 amide bonds. The first-order valence-electron chi connectivity index (χ1n) is 11.3. The van der Waals surface area contributed by atoms with E-state index < -0.39 is 0 Å². The highest BCUT2D eigenvalue weighted by molar-refractivity contribution is 7.18. The van der Waals surface area contributed by atoms with E-state index >= 15 is 0 Å². The third-order valence-corrected chi connectivity index (χ3v) is 7.23. The van der Waals surface area contributed by atoms with E-state index in [0.29, 0.717) is 0 Å². The van der Waals surface area contributed by atoms with Gasteiger partial charge in [-0.15, -0.1) is 11.3 Å². The summed E-state index contributed by atoms with van der Waals surface area (Å²) in [5.74, 6) is 0.830. The fourth-order valence-corrected chi connectivity index (χ4v) is 5.65. The molecule has 0 atom stereocenters. The van der Waals surface area contributed by atoms with Crippen LogP contribution >= 0.6 is 11.3 Å². The highest BCUT2D eigenvalue weighted by Crippen LogP contribution is 2.38. The van der Waals surface area contributed by atoms with Gasteiger partial charge in [-0.1, -0.05) is 29.8 Å². The minimum absolute atomic E-state index is 0.830. The topological polar surface area (TPSA) is 50.7 Å². The van der Waals surface area contributed by atoms with E-state index in [9.17, 15) is 0 Å². The van der Waals surface area contributed by atoms with Gasteiger partial charge >= 0.3 is 0 Å². The first kappa shape index (κ1) is 20.3. The molecule has 0 unspecified atom stereocenters. The van der Waals surface area contributed by atoms with Crippen molar-refractivity contribution >= 4 is 21.6 Å². The molecule has 0 fully saturated rings. The Hall–Kier alpha value is -2.63. The van der Waals surface area contributed by atoms with Crippen molar-refractivity contribution < 1.29 is 0 Å². The number of rotatable bonds is 7. The molecule has 3 aromatic heterocycles. The van der Waals surface area contributed by atoms with Crippen LogP contribution in [0.3, 0.4) is 0 Å². The van der Waals surface area contributed by atoms with Gasteiger partial charge in [-0.05, 0) is 75.3 Å². The van der Waals surface area contributed by atoms with Crippen molar-refractivity contribution in [3.8, 4) is 11.4 Å². The van der Waals surface area contributed by atoms with Gasteiger partial charge in [-0.3, -0.25) is 4.98 Å². The maximum Gasteiger partial charge on any atom is 0.161 e. The first-order chi connectivity index (χ1) is 15.3. The summed E-state index contributed by atoms with van der Waals surface area (Å²) in [6, 6.07) is 12.8. The monoisotopic (exact) mass is 428 g/mol. The second-order valence-electron chi connectivity index (χ2n) is 8.39. The Kier molecular flexibility index (Phi) is 6.05. The third-order valence-electron chi connectivity index (χ3n) is 6.04. The second-order valence-corrected chi connectivity index (χ2v) is 9.47. The lowest BCUT2D eigenvalue weighted by Gasteiger charge is -2.12. The maximum atomic E-state index is 5.06. The van der Waals surface area contributed by atoms with Crippen LogP contribution in [-0.4, -0.2) is 21.5 Å². The van der Waals surface area contributed by atoms with Gasteiger partial charge in [0.2, 0.25) is 0 Å². The van der Waals surface area contributed by atoms with Gasteiger partial charge in [0.25, 0.3) is 0 Å². The van der Waals surface area contributed by atoms with Crippen molar-refractivity contribution in [3.63, 3.8) is 0 Å². The molecule has 0 aliphatic heterocycles. The first-order valence-corrected chi connectivity index (χ1v) is 12.1. The lowest BCUT2D eigenvalue weighted by Crippen LogP contribution is -2.15. The van der Waals surface area contributed by atoms with E-state index in [1.807, 2.05) is 35.9 Å². The molecular weight excluding hydrogens is 400 g/mol. The molecule has 1 aliphatic carbocycles. The zero-order valence-electron chi connectivity index (χ0n) is 18.0. The Morgan fingerprint density at radius 2 is 1.77 bits per heavy atom. The quantitative estimate of drug-likeness (QED) is 0.386. The average Bonchev–Trinajstić information content (AvgIpc) is 3.19. The molecule has 0 radical (unpaired) electrons. The van der Waals surface area contributed by atoms with Crippen LogP contribution in [0.25, 0.3) is 21.6 Å². The minimum Gasteiger partial charge on any atom is -0.313 e. The highest BCUT2D eigenvalue weighted by atomic mass is 32.1. The Labute approximate surface area is 187 Å². The predicted octanol–water partition coefficient (Wildman–Crippen LogP) is 5.66. The van der Waals surface area contributed by atoms with Crippen LogP contribution in [-0.2, 0) is 25.8 Å². The maximum absolute atomic E-state index is 5.06. The van der Waals surface area contributed by atoms with E-state index in [1.165, 1.54) is 58.3 Å². The van der Waals surface area contributed by atoms with Crippen molar-refractivity contribution in [2.45, 2.75) is 52.0 Å².